The minimum absolute atomic E-state index is 0.126. The van der Waals surface area contributed by atoms with Gasteiger partial charge in [0.1, 0.15) is 5.00 Å². The Bertz CT molecular complexity index is 855. The number of rotatable bonds is 3. The van der Waals surface area contributed by atoms with Crippen LogP contribution in [-0.2, 0) is 27.2 Å². The first-order valence-electron chi connectivity index (χ1n) is 9.89. The van der Waals surface area contributed by atoms with E-state index in [-0.39, 0.29) is 42.1 Å². The van der Waals surface area contributed by atoms with Gasteiger partial charge in [-0.3, -0.25) is 9.59 Å². The number of fused-ring (bicyclic) bond motifs is 6. The molecule has 0 radical (unpaired) electrons. The van der Waals surface area contributed by atoms with Gasteiger partial charge in [-0.1, -0.05) is 19.1 Å². The van der Waals surface area contributed by atoms with Crippen molar-refractivity contribution in [2.24, 2.45) is 29.6 Å². The van der Waals surface area contributed by atoms with Gasteiger partial charge in [0.2, 0.25) is 11.8 Å². The van der Waals surface area contributed by atoms with Gasteiger partial charge in [0.25, 0.3) is 0 Å². The Morgan fingerprint density at radius 1 is 1.22 bits per heavy atom. The number of allylic oxidation sites excluding steroid dienone is 2. The number of thiophene rings is 1. The van der Waals surface area contributed by atoms with Crippen molar-refractivity contribution in [3.05, 3.63) is 28.2 Å². The molecular formula is C21H23NO4S. The summed E-state index contributed by atoms with van der Waals surface area (Å²) in [7, 11) is 0. The van der Waals surface area contributed by atoms with Gasteiger partial charge >= 0.3 is 5.97 Å². The average Bonchev–Trinajstić information content (AvgIpc) is 3.36. The quantitative estimate of drug-likeness (QED) is 0.455. The third-order valence-corrected chi connectivity index (χ3v) is 7.89. The predicted molar refractivity (Wildman–Crippen MR) is 102 cm³/mol. The van der Waals surface area contributed by atoms with Crippen molar-refractivity contribution in [1.29, 1.82) is 0 Å². The van der Waals surface area contributed by atoms with Crippen LogP contribution in [0.25, 0.3) is 0 Å². The lowest BCUT2D eigenvalue weighted by molar-refractivity contribution is -0.123. The molecule has 4 aliphatic rings. The minimum Gasteiger partial charge on any atom is -0.462 e. The molecule has 0 aromatic carbocycles. The van der Waals surface area contributed by atoms with Gasteiger partial charge in [-0.15, -0.1) is 11.3 Å². The fraction of sp³-hybridized carbons (Fsp3) is 0.571. The number of hydrogen-bond donors (Lipinski definition) is 0. The van der Waals surface area contributed by atoms with Crippen LogP contribution in [0.2, 0.25) is 0 Å². The summed E-state index contributed by atoms with van der Waals surface area (Å²) in [5.41, 5.74) is 1.45. The highest BCUT2D eigenvalue weighted by Gasteiger charge is 2.60. The largest absolute Gasteiger partial charge is 0.462 e. The van der Waals surface area contributed by atoms with Gasteiger partial charge in [-0.2, -0.15) is 0 Å². The van der Waals surface area contributed by atoms with Crippen LogP contribution in [0.3, 0.4) is 0 Å². The van der Waals surface area contributed by atoms with Crippen molar-refractivity contribution in [3.63, 3.8) is 0 Å². The van der Waals surface area contributed by atoms with Gasteiger partial charge in [-0.05, 0) is 55.9 Å². The van der Waals surface area contributed by atoms with Crippen molar-refractivity contribution < 1.29 is 19.1 Å². The summed E-state index contributed by atoms with van der Waals surface area (Å²) in [4.78, 5) is 41.7. The average molecular weight is 385 g/mol. The van der Waals surface area contributed by atoms with Crippen LogP contribution in [0, 0.1) is 29.6 Å². The molecule has 1 saturated heterocycles. The molecular weight excluding hydrogens is 362 g/mol. The summed E-state index contributed by atoms with van der Waals surface area (Å²) in [5, 5.41) is 0.511. The molecule has 0 unspecified atom stereocenters. The molecule has 0 spiro atoms. The molecule has 1 saturated carbocycles. The van der Waals surface area contributed by atoms with Crippen LogP contribution < -0.4 is 4.90 Å². The zero-order valence-electron chi connectivity index (χ0n) is 15.6. The van der Waals surface area contributed by atoms with Crippen LogP contribution in [0.15, 0.2) is 12.2 Å². The van der Waals surface area contributed by atoms with Gasteiger partial charge < -0.3 is 4.74 Å². The van der Waals surface area contributed by atoms with Crippen molar-refractivity contribution >= 4 is 34.1 Å². The highest BCUT2D eigenvalue weighted by molar-refractivity contribution is 7.17. The molecule has 142 valence electrons. The second-order valence-corrected chi connectivity index (χ2v) is 9.35. The zero-order valence-corrected chi connectivity index (χ0v) is 16.4. The molecule has 1 aromatic rings. The van der Waals surface area contributed by atoms with Crippen LogP contribution in [0.4, 0.5) is 5.00 Å². The maximum atomic E-state index is 13.2. The lowest BCUT2D eigenvalue weighted by atomic mass is 9.85. The van der Waals surface area contributed by atoms with E-state index in [2.05, 4.69) is 19.1 Å². The van der Waals surface area contributed by atoms with Crippen molar-refractivity contribution in [2.45, 2.75) is 39.5 Å². The third kappa shape index (κ3) is 2.32. The van der Waals surface area contributed by atoms with Gasteiger partial charge in [-0.25, -0.2) is 9.69 Å². The number of imide groups is 1. The lowest BCUT2D eigenvalue weighted by Gasteiger charge is -2.19. The maximum Gasteiger partial charge on any atom is 0.341 e. The first-order valence-corrected chi connectivity index (χ1v) is 10.7. The van der Waals surface area contributed by atoms with Crippen LogP contribution >= 0.6 is 11.3 Å². The Balaban J connectivity index is 1.60. The second kappa shape index (κ2) is 6.03. The first-order chi connectivity index (χ1) is 13.0. The number of nitrogens with zero attached hydrogens (tertiary/aromatic N) is 1. The van der Waals surface area contributed by atoms with E-state index in [1.807, 2.05) is 0 Å². The fourth-order valence-corrected chi connectivity index (χ4v) is 6.92. The Kier molecular flexibility index (Phi) is 3.83. The molecule has 0 N–H and O–H groups in total. The van der Waals surface area contributed by atoms with Crippen molar-refractivity contribution in [3.8, 4) is 0 Å². The van der Waals surface area contributed by atoms with Gasteiger partial charge in [0, 0.05) is 4.88 Å². The van der Waals surface area contributed by atoms with Crippen LogP contribution in [0.1, 0.15) is 47.5 Å². The Morgan fingerprint density at radius 3 is 2.52 bits per heavy atom. The molecule has 2 amide bonds. The van der Waals surface area contributed by atoms with E-state index >= 15 is 0 Å². The summed E-state index contributed by atoms with van der Waals surface area (Å²) in [6.45, 7) is 4.26. The van der Waals surface area contributed by atoms with E-state index in [4.69, 9.17) is 4.74 Å². The summed E-state index contributed by atoms with van der Waals surface area (Å²) in [6, 6.07) is 0. The SMILES string of the molecule is CCOC(=O)c1c(N2C(=O)[C@@H]3[C@H](C2=O)[C@H]2C=C[C@H]3C2)sc2c1CC[C@H](C)C2. The van der Waals surface area contributed by atoms with E-state index in [1.54, 1.807) is 6.92 Å². The summed E-state index contributed by atoms with van der Waals surface area (Å²) >= 11 is 1.45. The van der Waals surface area contributed by atoms with Gasteiger partial charge in [0.15, 0.2) is 0 Å². The number of amides is 2. The molecule has 5 rings (SSSR count). The Hall–Kier alpha value is -1.95. The molecule has 2 fully saturated rings. The van der Waals surface area contributed by atoms with Gasteiger partial charge in [0.05, 0.1) is 24.0 Å². The minimum atomic E-state index is -0.404. The number of ether oxygens (including phenoxy) is 1. The highest BCUT2D eigenvalue weighted by atomic mass is 32.1. The second-order valence-electron chi connectivity index (χ2n) is 8.26. The topological polar surface area (TPSA) is 63.7 Å². The van der Waals surface area contributed by atoms with Crippen molar-refractivity contribution in [2.75, 3.05) is 11.5 Å². The Labute approximate surface area is 162 Å². The highest BCUT2D eigenvalue weighted by Crippen LogP contribution is 2.55. The Morgan fingerprint density at radius 2 is 1.89 bits per heavy atom. The molecule has 27 heavy (non-hydrogen) atoms. The number of esters is 1. The molecule has 5 atom stereocenters. The third-order valence-electron chi connectivity index (χ3n) is 6.65. The molecule has 1 aliphatic heterocycles. The number of carbonyl (C=O) groups is 3. The summed E-state index contributed by atoms with van der Waals surface area (Å²) in [5.74, 6) is -0.273. The zero-order chi connectivity index (χ0) is 18.9. The van der Waals surface area contributed by atoms with E-state index < -0.39 is 5.97 Å². The molecule has 1 aromatic heterocycles. The normalized spacial score (nSPS) is 33.6. The molecule has 2 bridgehead atoms. The monoisotopic (exact) mass is 385 g/mol. The maximum absolute atomic E-state index is 13.2. The predicted octanol–water partition coefficient (Wildman–Crippen LogP) is 3.36. The van der Waals surface area contributed by atoms with E-state index in [0.29, 0.717) is 16.5 Å². The molecule has 5 nitrogen and oxygen atoms in total. The summed E-state index contributed by atoms with van der Waals surface area (Å²) in [6.07, 6.45) is 7.79. The van der Waals surface area contributed by atoms with E-state index in [9.17, 15) is 14.4 Å². The van der Waals surface area contributed by atoms with Crippen molar-refractivity contribution in [1.82, 2.24) is 0 Å². The standard InChI is InChI=1S/C21H23NO4S/c1-3-26-21(25)17-13-7-4-10(2)8-14(13)27-20(17)22-18(23)15-11-5-6-12(9-11)16(15)19(22)24/h5-6,10-12,15-16H,3-4,7-9H2,1-2H3/t10-,11-,12-,15-,16+/m0/s1. The van der Waals surface area contributed by atoms with E-state index in [0.717, 1.165) is 36.1 Å². The van der Waals surface area contributed by atoms with Crippen LogP contribution in [-0.4, -0.2) is 24.4 Å². The summed E-state index contributed by atoms with van der Waals surface area (Å²) < 4.78 is 5.30. The lowest BCUT2D eigenvalue weighted by Crippen LogP contribution is -2.33. The number of hydrogen-bond acceptors (Lipinski definition) is 5. The smallest absolute Gasteiger partial charge is 0.341 e. The fourth-order valence-electron chi connectivity index (χ4n) is 5.41. The first kappa shape index (κ1) is 17.2. The molecule has 3 aliphatic carbocycles. The molecule has 2 heterocycles. The number of anilines is 1. The van der Waals surface area contributed by atoms with E-state index in [1.165, 1.54) is 16.2 Å². The molecule has 6 heteroatoms. The van der Waals surface area contributed by atoms with Crippen LogP contribution in [0.5, 0.6) is 0 Å². The number of carbonyl (C=O) groups excluding carboxylic acids is 3.